The lowest BCUT2D eigenvalue weighted by Crippen LogP contribution is -2.43. The number of aryl methyl sites for hydroxylation is 1. The van der Waals surface area contributed by atoms with Crippen molar-refractivity contribution < 1.29 is 14.3 Å². The first-order chi connectivity index (χ1) is 13.1. The van der Waals surface area contributed by atoms with Crippen molar-refractivity contribution in [2.24, 2.45) is 5.92 Å². The average molecular weight is 388 g/mol. The first-order valence-electron chi connectivity index (χ1n) is 9.09. The van der Waals surface area contributed by atoms with Crippen LogP contribution in [0.15, 0.2) is 35.7 Å². The van der Waals surface area contributed by atoms with Crippen molar-refractivity contribution in [3.8, 4) is 5.75 Å². The molecule has 3 rings (SSSR count). The smallest absolute Gasteiger partial charge is 0.321 e. The van der Waals surface area contributed by atoms with Gasteiger partial charge in [0.25, 0.3) is 5.91 Å². The second-order valence-electron chi connectivity index (χ2n) is 6.76. The Bertz CT molecular complexity index is 797. The Kier molecular flexibility index (Phi) is 6.34. The fourth-order valence-corrected chi connectivity index (χ4v) is 3.97. The second kappa shape index (κ2) is 8.90. The van der Waals surface area contributed by atoms with Crippen LogP contribution in [-0.2, 0) is 0 Å². The van der Waals surface area contributed by atoms with Crippen LogP contribution < -0.4 is 15.4 Å². The van der Waals surface area contributed by atoms with E-state index in [1.54, 1.807) is 7.11 Å². The van der Waals surface area contributed by atoms with Crippen LogP contribution in [-0.4, -0.2) is 43.6 Å². The van der Waals surface area contributed by atoms with Crippen molar-refractivity contribution in [3.63, 3.8) is 0 Å². The number of amides is 3. The highest BCUT2D eigenvalue weighted by Gasteiger charge is 2.24. The second-order valence-corrected chi connectivity index (χ2v) is 7.67. The van der Waals surface area contributed by atoms with E-state index in [9.17, 15) is 9.59 Å². The summed E-state index contributed by atoms with van der Waals surface area (Å²) in [5.74, 6) is 1.03. The van der Waals surface area contributed by atoms with Crippen molar-refractivity contribution in [2.75, 3.05) is 32.1 Å². The lowest BCUT2D eigenvalue weighted by molar-refractivity contribution is 0.0942. The Morgan fingerprint density at radius 3 is 2.67 bits per heavy atom. The first-order valence-corrected chi connectivity index (χ1v) is 9.97. The zero-order valence-corrected chi connectivity index (χ0v) is 16.5. The number of carbonyl (C=O) groups is 2. The van der Waals surface area contributed by atoms with Gasteiger partial charge in [0.1, 0.15) is 5.75 Å². The minimum absolute atomic E-state index is 0.00977. The van der Waals surface area contributed by atoms with Gasteiger partial charge in [-0.1, -0.05) is 12.1 Å². The molecule has 0 spiro atoms. The van der Waals surface area contributed by atoms with Gasteiger partial charge in [0.2, 0.25) is 0 Å². The number of methoxy groups -OCH3 is 1. The third-order valence-electron chi connectivity index (χ3n) is 4.76. The fraction of sp³-hybridized carbons (Fsp3) is 0.400. The van der Waals surface area contributed by atoms with Crippen LogP contribution in [0.5, 0.6) is 5.75 Å². The van der Waals surface area contributed by atoms with Gasteiger partial charge in [-0.2, -0.15) is 0 Å². The summed E-state index contributed by atoms with van der Waals surface area (Å²) >= 11 is 1.47. The Labute approximate surface area is 163 Å². The molecule has 7 heteroatoms. The van der Waals surface area contributed by atoms with Gasteiger partial charge in [-0.15, -0.1) is 11.3 Å². The molecule has 144 valence electrons. The van der Waals surface area contributed by atoms with Crippen LogP contribution in [0.25, 0.3) is 0 Å². The molecule has 0 saturated carbocycles. The number of para-hydroxylation sites is 2. The summed E-state index contributed by atoms with van der Waals surface area (Å²) in [5.41, 5.74) is 1.78. The SMILES string of the molecule is COc1ccccc1NC(=O)N1CCC(CNC(=O)c2cc(C)cs2)CC1. The van der Waals surface area contributed by atoms with Crippen LogP contribution in [0.4, 0.5) is 10.5 Å². The Morgan fingerprint density at radius 1 is 1.26 bits per heavy atom. The maximum Gasteiger partial charge on any atom is 0.321 e. The highest BCUT2D eigenvalue weighted by atomic mass is 32.1. The number of hydrogen-bond donors (Lipinski definition) is 2. The van der Waals surface area contributed by atoms with E-state index in [2.05, 4.69) is 10.6 Å². The van der Waals surface area contributed by atoms with E-state index in [1.807, 2.05) is 47.5 Å². The van der Waals surface area contributed by atoms with Gasteiger partial charge in [0, 0.05) is 19.6 Å². The number of nitrogens with one attached hydrogen (secondary N) is 2. The summed E-state index contributed by atoms with van der Waals surface area (Å²) in [7, 11) is 1.59. The molecule has 1 saturated heterocycles. The predicted octanol–water partition coefficient (Wildman–Crippen LogP) is 3.74. The van der Waals surface area contributed by atoms with E-state index in [4.69, 9.17) is 4.74 Å². The van der Waals surface area contributed by atoms with Gasteiger partial charge in [-0.05, 0) is 54.8 Å². The number of benzene rings is 1. The summed E-state index contributed by atoms with van der Waals surface area (Å²) in [5, 5.41) is 7.91. The lowest BCUT2D eigenvalue weighted by Gasteiger charge is -2.32. The maximum atomic E-state index is 12.5. The van der Waals surface area contributed by atoms with Crippen LogP contribution in [0.2, 0.25) is 0 Å². The first kappa shape index (κ1) is 19.2. The van der Waals surface area contributed by atoms with Gasteiger partial charge in [-0.25, -0.2) is 4.79 Å². The molecule has 1 aliphatic heterocycles. The molecular weight excluding hydrogens is 362 g/mol. The third kappa shape index (κ3) is 5.01. The zero-order chi connectivity index (χ0) is 19.2. The van der Waals surface area contributed by atoms with Crippen LogP contribution >= 0.6 is 11.3 Å². The quantitative estimate of drug-likeness (QED) is 0.821. The van der Waals surface area contributed by atoms with Crippen LogP contribution in [0, 0.1) is 12.8 Å². The molecular formula is C20H25N3O3S. The molecule has 0 radical (unpaired) electrons. The normalized spacial score (nSPS) is 14.7. The lowest BCUT2D eigenvalue weighted by atomic mass is 9.97. The number of nitrogens with zero attached hydrogens (tertiary/aromatic N) is 1. The average Bonchev–Trinajstić information content (AvgIpc) is 3.13. The number of thiophene rings is 1. The summed E-state index contributed by atoms with van der Waals surface area (Å²) in [6.45, 7) is 4.00. The van der Waals surface area contributed by atoms with Crippen molar-refractivity contribution >= 4 is 29.0 Å². The minimum atomic E-state index is -0.115. The molecule has 0 unspecified atom stereocenters. The summed E-state index contributed by atoms with van der Waals surface area (Å²) in [6.07, 6.45) is 1.76. The van der Waals surface area contributed by atoms with E-state index < -0.39 is 0 Å². The molecule has 2 heterocycles. The van der Waals surface area contributed by atoms with E-state index in [-0.39, 0.29) is 11.9 Å². The monoisotopic (exact) mass is 387 g/mol. The van der Waals surface area contributed by atoms with E-state index >= 15 is 0 Å². The molecule has 1 aromatic carbocycles. The molecule has 0 atom stereocenters. The number of anilines is 1. The number of carbonyl (C=O) groups excluding carboxylic acids is 2. The number of urea groups is 1. The molecule has 0 aliphatic carbocycles. The van der Waals surface area contributed by atoms with Crippen molar-refractivity contribution in [2.45, 2.75) is 19.8 Å². The van der Waals surface area contributed by atoms with Gasteiger partial charge in [-0.3, -0.25) is 4.79 Å². The number of hydrogen-bond acceptors (Lipinski definition) is 4. The van der Waals surface area contributed by atoms with E-state index in [1.165, 1.54) is 11.3 Å². The number of likely N-dealkylation sites (tertiary alicyclic amines) is 1. The zero-order valence-electron chi connectivity index (χ0n) is 15.7. The highest BCUT2D eigenvalue weighted by molar-refractivity contribution is 7.12. The summed E-state index contributed by atoms with van der Waals surface area (Å²) < 4.78 is 5.27. The van der Waals surface area contributed by atoms with Crippen molar-refractivity contribution in [1.82, 2.24) is 10.2 Å². The molecule has 1 aliphatic rings. The largest absolute Gasteiger partial charge is 0.495 e. The highest BCUT2D eigenvalue weighted by Crippen LogP contribution is 2.24. The van der Waals surface area contributed by atoms with Gasteiger partial charge in [0.05, 0.1) is 17.7 Å². The maximum absolute atomic E-state index is 12.5. The Morgan fingerprint density at radius 2 is 2.00 bits per heavy atom. The molecule has 1 aromatic heterocycles. The third-order valence-corrected chi connectivity index (χ3v) is 5.80. The van der Waals surface area contributed by atoms with Crippen molar-refractivity contribution in [1.29, 1.82) is 0 Å². The van der Waals surface area contributed by atoms with E-state index in [0.29, 0.717) is 37.0 Å². The molecule has 1 fully saturated rings. The topological polar surface area (TPSA) is 70.7 Å². The number of rotatable bonds is 5. The molecule has 0 bridgehead atoms. The molecule has 2 aromatic rings. The number of ether oxygens (including phenoxy) is 1. The fourth-order valence-electron chi connectivity index (χ4n) is 3.16. The van der Waals surface area contributed by atoms with Crippen LogP contribution in [0.3, 0.4) is 0 Å². The van der Waals surface area contributed by atoms with E-state index in [0.717, 1.165) is 23.3 Å². The molecule has 2 N–H and O–H groups in total. The number of piperidine rings is 1. The predicted molar refractivity (Wildman–Crippen MR) is 108 cm³/mol. The molecule has 6 nitrogen and oxygen atoms in total. The van der Waals surface area contributed by atoms with Gasteiger partial charge in [0.15, 0.2) is 0 Å². The van der Waals surface area contributed by atoms with Crippen molar-refractivity contribution in [3.05, 3.63) is 46.2 Å². The standard InChI is InChI=1S/C20H25N3O3S/c1-14-11-18(27-13-14)19(24)21-12-15-7-9-23(10-8-15)20(25)22-16-5-3-4-6-17(16)26-2/h3-6,11,13,15H,7-10,12H2,1-2H3,(H,21,24)(H,22,25). The van der Waals surface area contributed by atoms with Gasteiger partial charge < -0.3 is 20.3 Å². The van der Waals surface area contributed by atoms with Crippen LogP contribution in [0.1, 0.15) is 28.1 Å². The molecule has 3 amide bonds. The molecule has 27 heavy (non-hydrogen) atoms. The minimum Gasteiger partial charge on any atom is -0.495 e. The Balaban J connectivity index is 1.44. The van der Waals surface area contributed by atoms with Gasteiger partial charge >= 0.3 is 6.03 Å². The summed E-state index contributed by atoms with van der Waals surface area (Å²) in [4.78, 5) is 27.2. The summed E-state index contributed by atoms with van der Waals surface area (Å²) in [6, 6.07) is 9.17. The Hall–Kier alpha value is -2.54.